The van der Waals surface area contributed by atoms with Crippen LogP contribution >= 0.6 is 0 Å². The van der Waals surface area contributed by atoms with Crippen LogP contribution in [0.15, 0.2) is 42.5 Å². The average Bonchev–Trinajstić information content (AvgIpc) is 3.27. The smallest absolute Gasteiger partial charge is 0.161 e. The Morgan fingerprint density at radius 2 is 1.77 bits per heavy atom. The van der Waals surface area contributed by atoms with Crippen molar-refractivity contribution in [2.45, 2.75) is 96.1 Å². The molecule has 4 nitrogen and oxygen atoms in total. The fourth-order valence-electron chi connectivity index (χ4n) is 7.56. The van der Waals surface area contributed by atoms with Crippen molar-refractivity contribution >= 4 is 8.80 Å². The quantitative estimate of drug-likeness (QED) is 0.211. The summed E-state index contributed by atoms with van der Waals surface area (Å²) in [7, 11) is 1.04. The summed E-state index contributed by atoms with van der Waals surface area (Å²) < 4.78 is 24.7. The predicted octanol–water partition coefficient (Wildman–Crippen LogP) is 7.80. The summed E-state index contributed by atoms with van der Waals surface area (Å²) in [6.45, 7) is 14.9. The SMILES string of the molecule is COc1cc2c(cc1OCc1ccccc1)CCC1C2CCC2(C)C(OCCOCC(C)(C)[SiH](C)C)CCC12. The van der Waals surface area contributed by atoms with Crippen LogP contribution in [0.5, 0.6) is 11.5 Å². The van der Waals surface area contributed by atoms with Gasteiger partial charge in [-0.25, -0.2) is 0 Å². The van der Waals surface area contributed by atoms with Crippen LogP contribution in [0.2, 0.25) is 18.1 Å². The molecule has 0 aromatic heterocycles. The first-order valence-electron chi connectivity index (χ1n) is 15.3. The van der Waals surface area contributed by atoms with Gasteiger partial charge in [0.05, 0.1) is 26.4 Å². The second kappa shape index (κ2) is 12.0. The molecule has 0 heterocycles. The van der Waals surface area contributed by atoms with Crippen molar-refractivity contribution in [2.75, 3.05) is 26.9 Å². The highest BCUT2D eigenvalue weighted by Crippen LogP contribution is 2.62. The van der Waals surface area contributed by atoms with Crippen LogP contribution in [0.3, 0.4) is 0 Å². The third-order valence-electron chi connectivity index (χ3n) is 10.7. The normalized spacial score (nSPS) is 28.1. The molecule has 2 aromatic carbocycles. The number of hydrogen-bond donors (Lipinski definition) is 0. The van der Waals surface area contributed by atoms with E-state index in [4.69, 9.17) is 18.9 Å². The van der Waals surface area contributed by atoms with Gasteiger partial charge in [0.25, 0.3) is 0 Å². The minimum absolute atomic E-state index is 0.283. The topological polar surface area (TPSA) is 36.9 Å². The zero-order chi connectivity index (χ0) is 27.6. The molecular weight excluding hydrogens is 500 g/mol. The van der Waals surface area contributed by atoms with Gasteiger partial charge in [-0.1, -0.05) is 64.2 Å². The molecule has 214 valence electrons. The average molecular weight is 551 g/mol. The molecular formula is C34H50O4Si. The van der Waals surface area contributed by atoms with Crippen molar-refractivity contribution in [1.29, 1.82) is 0 Å². The summed E-state index contributed by atoms with van der Waals surface area (Å²) in [5.41, 5.74) is 4.42. The molecule has 0 N–H and O–H groups in total. The number of fused-ring (bicyclic) bond motifs is 5. The van der Waals surface area contributed by atoms with E-state index >= 15 is 0 Å². The molecule has 5 heteroatoms. The summed E-state index contributed by atoms with van der Waals surface area (Å²) in [5, 5.41) is 0.345. The molecule has 0 bridgehead atoms. The predicted molar refractivity (Wildman–Crippen MR) is 162 cm³/mol. The molecule has 0 aliphatic heterocycles. The second-order valence-corrected chi connectivity index (χ2v) is 17.4. The zero-order valence-corrected chi connectivity index (χ0v) is 26.3. The maximum atomic E-state index is 6.57. The number of benzene rings is 2. The minimum atomic E-state index is -0.729. The van der Waals surface area contributed by atoms with E-state index in [9.17, 15) is 0 Å². The van der Waals surface area contributed by atoms with Gasteiger partial charge in [-0.3, -0.25) is 0 Å². The van der Waals surface area contributed by atoms with Crippen molar-refractivity contribution in [3.05, 3.63) is 59.2 Å². The maximum absolute atomic E-state index is 6.57. The Labute approximate surface area is 238 Å². The van der Waals surface area contributed by atoms with E-state index in [1.165, 1.54) is 48.8 Å². The van der Waals surface area contributed by atoms with E-state index in [2.05, 4.69) is 70.3 Å². The van der Waals surface area contributed by atoms with E-state index in [1.807, 2.05) is 6.07 Å². The molecule has 0 amide bonds. The summed E-state index contributed by atoms with van der Waals surface area (Å²) in [6, 6.07) is 14.9. The molecule has 2 saturated carbocycles. The van der Waals surface area contributed by atoms with Crippen molar-refractivity contribution in [1.82, 2.24) is 0 Å². The standard InChI is InChI=1S/C34H50O4Si/c1-33(2,39(5)6)23-36-18-19-37-32-15-14-29-27-13-12-25-20-31(38-22-24-10-8-7-9-11-24)30(35-4)21-28(25)26(27)16-17-34(29,32)3/h7-11,20-21,26-27,29,32,39H,12-19,22-23H2,1-6H3. The molecule has 39 heavy (non-hydrogen) atoms. The molecule has 5 unspecified atom stereocenters. The van der Waals surface area contributed by atoms with Crippen LogP contribution in [0.25, 0.3) is 0 Å². The molecule has 5 atom stereocenters. The van der Waals surface area contributed by atoms with Crippen LogP contribution in [0.1, 0.15) is 75.5 Å². The van der Waals surface area contributed by atoms with E-state index in [-0.39, 0.29) is 5.41 Å². The lowest BCUT2D eigenvalue weighted by Crippen LogP contribution is -2.45. The Bertz CT molecular complexity index is 1100. The zero-order valence-electron chi connectivity index (χ0n) is 25.1. The van der Waals surface area contributed by atoms with Crippen LogP contribution in [0.4, 0.5) is 0 Å². The molecule has 3 aliphatic rings. The monoisotopic (exact) mass is 550 g/mol. The Morgan fingerprint density at radius 3 is 2.51 bits per heavy atom. The van der Waals surface area contributed by atoms with Crippen molar-refractivity contribution < 1.29 is 18.9 Å². The van der Waals surface area contributed by atoms with E-state index in [1.54, 1.807) is 7.11 Å². The molecule has 5 rings (SSSR count). The second-order valence-electron chi connectivity index (χ2n) is 13.6. The molecule has 0 radical (unpaired) electrons. The molecule has 2 fully saturated rings. The highest BCUT2D eigenvalue weighted by molar-refractivity contribution is 6.59. The minimum Gasteiger partial charge on any atom is -0.493 e. The lowest BCUT2D eigenvalue weighted by molar-refractivity contribution is -0.0780. The Hall–Kier alpha value is -1.82. The van der Waals surface area contributed by atoms with Gasteiger partial charge in [-0.15, -0.1) is 0 Å². The number of ether oxygens (including phenoxy) is 4. The van der Waals surface area contributed by atoms with Gasteiger partial charge < -0.3 is 18.9 Å². The third kappa shape index (κ3) is 5.96. The van der Waals surface area contributed by atoms with Crippen LogP contribution < -0.4 is 9.47 Å². The molecule has 0 spiro atoms. The first-order chi connectivity index (χ1) is 18.7. The van der Waals surface area contributed by atoms with Gasteiger partial charge in [0.15, 0.2) is 11.5 Å². The van der Waals surface area contributed by atoms with E-state index in [0.29, 0.717) is 23.7 Å². The summed E-state index contributed by atoms with van der Waals surface area (Å²) in [4.78, 5) is 0. The van der Waals surface area contributed by atoms with Crippen LogP contribution in [-0.2, 0) is 22.5 Å². The van der Waals surface area contributed by atoms with Gasteiger partial charge in [-0.2, -0.15) is 0 Å². The van der Waals surface area contributed by atoms with Gasteiger partial charge in [0.1, 0.15) is 6.61 Å². The summed E-state index contributed by atoms with van der Waals surface area (Å²) in [6.07, 6.45) is 7.72. The fraction of sp³-hybridized carbons (Fsp3) is 0.647. The maximum Gasteiger partial charge on any atom is 0.161 e. The van der Waals surface area contributed by atoms with Crippen molar-refractivity contribution in [3.8, 4) is 11.5 Å². The van der Waals surface area contributed by atoms with E-state index in [0.717, 1.165) is 49.6 Å². The third-order valence-corrected chi connectivity index (χ3v) is 14.0. The Morgan fingerprint density at radius 1 is 0.974 bits per heavy atom. The van der Waals surface area contributed by atoms with Crippen LogP contribution in [-0.4, -0.2) is 41.8 Å². The summed E-state index contributed by atoms with van der Waals surface area (Å²) >= 11 is 0. The highest BCUT2D eigenvalue weighted by atomic mass is 28.3. The fourth-order valence-corrected chi connectivity index (χ4v) is 8.01. The largest absolute Gasteiger partial charge is 0.493 e. The molecule has 3 aliphatic carbocycles. The van der Waals surface area contributed by atoms with Crippen LogP contribution in [0, 0.1) is 17.3 Å². The Kier molecular flexibility index (Phi) is 8.80. The van der Waals surface area contributed by atoms with Gasteiger partial charge >= 0.3 is 0 Å². The number of methoxy groups -OCH3 is 1. The Balaban J connectivity index is 1.21. The van der Waals surface area contributed by atoms with Gasteiger partial charge in [-0.05, 0) is 95.6 Å². The summed E-state index contributed by atoms with van der Waals surface area (Å²) in [5.74, 6) is 3.83. The number of rotatable bonds is 11. The highest BCUT2D eigenvalue weighted by Gasteiger charge is 2.55. The van der Waals surface area contributed by atoms with E-state index < -0.39 is 8.80 Å². The van der Waals surface area contributed by atoms with Gasteiger partial charge in [0, 0.05) is 15.4 Å². The number of aryl methyl sites for hydroxylation is 1. The van der Waals surface area contributed by atoms with Gasteiger partial charge in [0.2, 0.25) is 0 Å². The molecule has 2 aromatic rings. The lowest BCUT2D eigenvalue weighted by atomic mass is 9.55. The molecule has 0 saturated heterocycles. The first-order valence-corrected chi connectivity index (χ1v) is 18.2. The van der Waals surface area contributed by atoms with Crippen molar-refractivity contribution in [2.24, 2.45) is 17.3 Å². The van der Waals surface area contributed by atoms with Crippen molar-refractivity contribution in [3.63, 3.8) is 0 Å². The first kappa shape index (κ1) is 28.7. The number of hydrogen-bond acceptors (Lipinski definition) is 4. The lowest BCUT2D eigenvalue weighted by Gasteiger charge is -2.50.